The summed E-state index contributed by atoms with van der Waals surface area (Å²) in [6.45, 7) is 2.16. The van der Waals surface area contributed by atoms with Crippen molar-refractivity contribution in [2.75, 3.05) is 7.11 Å². The van der Waals surface area contributed by atoms with Crippen molar-refractivity contribution in [3.05, 3.63) is 82.3 Å². The molecule has 0 aliphatic rings. The zero-order valence-corrected chi connectivity index (χ0v) is 16.2. The summed E-state index contributed by atoms with van der Waals surface area (Å²) in [5.74, 6) is 1.61. The zero-order valence-electron chi connectivity index (χ0n) is 15.4. The van der Waals surface area contributed by atoms with E-state index in [9.17, 15) is 4.79 Å². The molecule has 0 bridgehead atoms. The molecule has 0 aliphatic heterocycles. The number of aryl methyl sites for hydroxylation is 1. The van der Waals surface area contributed by atoms with Gasteiger partial charge in [0.05, 0.1) is 13.3 Å². The van der Waals surface area contributed by atoms with Crippen molar-refractivity contribution in [3.8, 4) is 11.5 Å². The average Bonchev–Trinajstić information content (AvgIpc) is 3.14. The van der Waals surface area contributed by atoms with Gasteiger partial charge in [0, 0.05) is 5.02 Å². The highest BCUT2D eigenvalue weighted by Gasteiger charge is 2.09. The van der Waals surface area contributed by atoms with Crippen molar-refractivity contribution >= 4 is 23.7 Å². The summed E-state index contributed by atoms with van der Waals surface area (Å²) in [6, 6.07) is 16.1. The Kier molecular flexibility index (Phi) is 6.34. The number of nitrogens with one attached hydrogen (secondary N) is 1. The third kappa shape index (κ3) is 5.14. The Labute approximate surface area is 167 Å². The summed E-state index contributed by atoms with van der Waals surface area (Å²) in [5.41, 5.74) is 4.15. The van der Waals surface area contributed by atoms with Crippen LogP contribution in [0.1, 0.15) is 27.4 Å². The Balaban J connectivity index is 1.61. The van der Waals surface area contributed by atoms with Gasteiger partial charge in [-0.05, 0) is 60.5 Å². The summed E-state index contributed by atoms with van der Waals surface area (Å²) < 4.78 is 16.4. The monoisotopic (exact) mass is 398 g/mol. The number of amides is 1. The first-order valence-corrected chi connectivity index (χ1v) is 8.88. The largest absolute Gasteiger partial charge is 0.493 e. The van der Waals surface area contributed by atoms with E-state index in [0.717, 1.165) is 11.1 Å². The Hall–Kier alpha value is -3.25. The number of carbonyl (C=O) groups excluding carboxylic acids is 1. The molecule has 0 spiro atoms. The molecule has 0 radical (unpaired) electrons. The van der Waals surface area contributed by atoms with Crippen LogP contribution in [-0.4, -0.2) is 19.2 Å². The van der Waals surface area contributed by atoms with Crippen LogP contribution in [0.4, 0.5) is 0 Å². The Morgan fingerprint density at radius 3 is 2.61 bits per heavy atom. The maximum absolute atomic E-state index is 11.9. The van der Waals surface area contributed by atoms with Crippen molar-refractivity contribution in [2.24, 2.45) is 5.10 Å². The maximum Gasteiger partial charge on any atom is 0.307 e. The Morgan fingerprint density at radius 1 is 1.14 bits per heavy atom. The number of nitrogens with zero attached hydrogens (tertiary/aromatic N) is 1. The van der Waals surface area contributed by atoms with Crippen molar-refractivity contribution in [3.63, 3.8) is 0 Å². The van der Waals surface area contributed by atoms with Crippen molar-refractivity contribution in [1.82, 2.24) is 5.43 Å². The van der Waals surface area contributed by atoms with E-state index < -0.39 is 5.91 Å². The lowest BCUT2D eigenvalue weighted by atomic mass is 10.2. The van der Waals surface area contributed by atoms with Crippen LogP contribution < -0.4 is 14.9 Å². The number of rotatable bonds is 7. The van der Waals surface area contributed by atoms with Gasteiger partial charge < -0.3 is 13.9 Å². The number of hydrogen-bond donors (Lipinski definition) is 1. The summed E-state index contributed by atoms with van der Waals surface area (Å²) in [4.78, 5) is 11.9. The molecule has 1 N–H and O–H groups in total. The first-order valence-electron chi connectivity index (χ1n) is 8.50. The second-order valence-corrected chi connectivity index (χ2v) is 6.37. The van der Waals surface area contributed by atoms with Gasteiger partial charge in [-0.25, -0.2) is 5.43 Å². The molecule has 7 heteroatoms. The summed E-state index contributed by atoms with van der Waals surface area (Å²) in [5, 5.41) is 4.62. The van der Waals surface area contributed by atoms with Crippen LogP contribution in [-0.2, 0) is 6.61 Å². The lowest BCUT2D eigenvalue weighted by molar-refractivity contribution is 0.0926. The van der Waals surface area contributed by atoms with Crippen molar-refractivity contribution in [1.29, 1.82) is 0 Å². The molecule has 0 atom stereocenters. The minimum Gasteiger partial charge on any atom is -0.493 e. The predicted octanol–water partition coefficient (Wildman–Crippen LogP) is 4.59. The predicted molar refractivity (Wildman–Crippen MR) is 107 cm³/mol. The average molecular weight is 399 g/mol. The van der Waals surface area contributed by atoms with Crippen LogP contribution in [0.5, 0.6) is 11.5 Å². The molecule has 3 aromatic rings. The fourth-order valence-corrected chi connectivity index (χ4v) is 2.53. The molecular weight excluding hydrogens is 380 g/mol. The SMILES string of the molecule is COc1cc(/C=N\NC(=O)c2ccc(C)o2)ccc1OCc1ccc(Cl)cc1. The van der Waals surface area contributed by atoms with Crippen LogP contribution in [0.2, 0.25) is 5.02 Å². The molecule has 0 saturated carbocycles. The Bertz CT molecular complexity index is 980. The molecule has 6 nitrogen and oxygen atoms in total. The molecule has 0 fully saturated rings. The fourth-order valence-electron chi connectivity index (χ4n) is 2.40. The number of hydrazone groups is 1. The van der Waals surface area contributed by atoms with E-state index in [1.807, 2.05) is 30.3 Å². The highest BCUT2D eigenvalue weighted by atomic mass is 35.5. The minimum absolute atomic E-state index is 0.207. The number of benzene rings is 2. The number of furan rings is 1. The first-order chi connectivity index (χ1) is 13.5. The molecule has 144 valence electrons. The standard InChI is InChI=1S/C21H19ClN2O4/c1-14-3-9-19(28-14)21(25)24-23-12-16-6-10-18(20(11-16)26-2)27-13-15-4-7-17(22)8-5-15/h3-12H,13H2,1-2H3,(H,24,25)/b23-12-. The van der Waals surface area contributed by atoms with Gasteiger partial charge >= 0.3 is 5.91 Å². The van der Waals surface area contributed by atoms with E-state index in [2.05, 4.69) is 10.5 Å². The van der Waals surface area contributed by atoms with Crippen molar-refractivity contribution in [2.45, 2.75) is 13.5 Å². The molecule has 1 amide bonds. The van der Waals surface area contributed by atoms with Crippen molar-refractivity contribution < 1.29 is 18.7 Å². The maximum atomic E-state index is 11.9. The second kappa shape index (κ2) is 9.10. The quantitative estimate of drug-likeness (QED) is 0.466. The van der Waals surface area contributed by atoms with Gasteiger partial charge in [-0.3, -0.25) is 4.79 Å². The number of halogens is 1. The van der Waals surface area contributed by atoms with Crippen LogP contribution in [0.3, 0.4) is 0 Å². The van der Waals surface area contributed by atoms with E-state index in [1.165, 1.54) is 6.21 Å². The van der Waals surface area contributed by atoms with E-state index in [4.69, 9.17) is 25.5 Å². The van der Waals surface area contributed by atoms with E-state index >= 15 is 0 Å². The molecule has 1 heterocycles. The number of methoxy groups -OCH3 is 1. The molecule has 3 rings (SSSR count). The van der Waals surface area contributed by atoms with Gasteiger partial charge in [0.1, 0.15) is 12.4 Å². The molecule has 28 heavy (non-hydrogen) atoms. The Morgan fingerprint density at radius 2 is 1.93 bits per heavy atom. The van der Waals surface area contributed by atoms with E-state index in [0.29, 0.717) is 28.9 Å². The van der Waals surface area contributed by atoms with Crippen LogP contribution in [0.15, 0.2) is 64.1 Å². The highest BCUT2D eigenvalue weighted by Crippen LogP contribution is 2.28. The third-order valence-electron chi connectivity index (χ3n) is 3.84. The number of hydrogen-bond acceptors (Lipinski definition) is 5. The lowest BCUT2D eigenvalue weighted by Gasteiger charge is -2.11. The summed E-state index contributed by atoms with van der Waals surface area (Å²) in [7, 11) is 1.56. The van der Waals surface area contributed by atoms with Gasteiger partial charge in [-0.2, -0.15) is 5.10 Å². The molecule has 2 aromatic carbocycles. The molecule has 1 aromatic heterocycles. The summed E-state index contributed by atoms with van der Waals surface area (Å²) in [6.07, 6.45) is 1.51. The van der Waals surface area contributed by atoms with Crippen LogP contribution >= 0.6 is 11.6 Å². The zero-order chi connectivity index (χ0) is 19.9. The second-order valence-electron chi connectivity index (χ2n) is 5.93. The normalized spacial score (nSPS) is 10.8. The third-order valence-corrected chi connectivity index (χ3v) is 4.09. The van der Waals surface area contributed by atoms with E-state index in [1.54, 1.807) is 38.3 Å². The fraction of sp³-hybridized carbons (Fsp3) is 0.143. The highest BCUT2D eigenvalue weighted by molar-refractivity contribution is 6.30. The van der Waals surface area contributed by atoms with Crippen LogP contribution in [0.25, 0.3) is 0 Å². The van der Waals surface area contributed by atoms with Crippen LogP contribution in [0, 0.1) is 6.92 Å². The molecule has 0 unspecified atom stereocenters. The first kappa shape index (κ1) is 19.5. The van der Waals surface area contributed by atoms with Gasteiger partial charge in [0.15, 0.2) is 17.3 Å². The topological polar surface area (TPSA) is 73.1 Å². The van der Waals surface area contributed by atoms with Gasteiger partial charge in [0.2, 0.25) is 0 Å². The van der Waals surface area contributed by atoms with Gasteiger partial charge in [0.25, 0.3) is 0 Å². The molecular formula is C21H19ClN2O4. The lowest BCUT2D eigenvalue weighted by Crippen LogP contribution is -2.16. The van der Waals surface area contributed by atoms with Gasteiger partial charge in [-0.1, -0.05) is 23.7 Å². The molecule has 0 saturated heterocycles. The molecule has 0 aliphatic carbocycles. The summed E-state index contributed by atoms with van der Waals surface area (Å²) >= 11 is 5.89. The van der Waals surface area contributed by atoms with Gasteiger partial charge in [-0.15, -0.1) is 0 Å². The number of ether oxygens (including phenoxy) is 2. The minimum atomic E-state index is -0.417. The smallest absolute Gasteiger partial charge is 0.307 e. The van der Waals surface area contributed by atoms with E-state index in [-0.39, 0.29) is 5.76 Å². The number of carbonyl (C=O) groups is 1.